The molecule has 0 atom stereocenters. The maximum Gasteiger partial charge on any atom is 0.178 e. The minimum absolute atomic E-state index is 0.979. The molecular formula is C19H20N6S4+2. The highest BCUT2D eigenvalue weighted by molar-refractivity contribution is 8.00. The fraction of sp³-hybridized carbons (Fsp3) is 0.263. The van der Waals surface area contributed by atoms with E-state index in [0.717, 1.165) is 50.5 Å². The third-order valence-corrected chi connectivity index (χ3v) is 7.50. The molecule has 0 unspecified atom stereocenters. The highest BCUT2D eigenvalue weighted by Crippen LogP contribution is 2.32. The van der Waals surface area contributed by atoms with Crippen LogP contribution in [0.15, 0.2) is 59.1 Å². The average Bonchev–Trinajstić information content (AvgIpc) is 3.37. The summed E-state index contributed by atoms with van der Waals surface area (Å²) in [6.07, 6.45) is 9.26. The Labute approximate surface area is 186 Å². The minimum Gasteiger partial charge on any atom is -0.207 e. The van der Waals surface area contributed by atoms with Crippen molar-refractivity contribution in [2.24, 2.45) is 14.1 Å². The lowest BCUT2D eigenvalue weighted by Gasteiger charge is -2.02. The van der Waals surface area contributed by atoms with Crippen LogP contribution in [-0.4, -0.2) is 29.0 Å². The summed E-state index contributed by atoms with van der Waals surface area (Å²) in [5.41, 5.74) is 4.17. The van der Waals surface area contributed by atoms with E-state index >= 15 is 0 Å². The Kier molecular flexibility index (Phi) is 6.86. The molecule has 0 bridgehead atoms. The molecule has 0 aromatic carbocycles. The molecule has 4 aromatic rings. The van der Waals surface area contributed by atoms with Gasteiger partial charge >= 0.3 is 0 Å². The van der Waals surface area contributed by atoms with Gasteiger partial charge in [-0.2, -0.15) is 17.5 Å². The van der Waals surface area contributed by atoms with E-state index in [2.05, 4.69) is 42.0 Å². The second-order valence-corrected chi connectivity index (χ2v) is 9.63. The maximum atomic E-state index is 4.49. The van der Waals surface area contributed by atoms with Gasteiger partial charge in [-0.05, 0) is 18.6 Å². The van der Waals surface area contributed by atoms with E-state index < -0.39 is 0 Å². The van der Waals surface area contributed by atoms with Gasteiger partial charge in [0.25, 0.3) is 0 Å². The summed E-state index contributed by atoms with van der Waals surface area (Å²) >= 11 is 6.09. The van der Waals surface area contributed by atoms with Crippen LogP contribution in [-0.2, 0) is 14.1 Å². The zero-order valence-corrected chi connectivity index (χ0v) is 19.3. The summed E-state index contributed by atoms with van der Waals surface area (Å²) in [6, 6.07) is 8.23. The molecular weight excluding hydrogens is 441 g/mol. The molecule has 0 N–H and O–H groups in total. The Balaban J connectivity index is 1.31. The van der Waals surface area contributed by atoms with Crippen molar-refractivity contribution in [3.8, 4) is 22.5 Å². The zero-order valence-electron chi connectivity index (χ0n) is 16.1. The van der Waals surface area contributed by atoms with Crippen molar-refractivity contribution in [2.75, 3.05) is 11.5 Å². The molecule has 4 aromatic heterocycles. The highest BCUT2D eigenvalue weighted by atomic mass is 32.2. The van der Waals surface area contributed by atoms with Crippen molar-refractivity contribution in [1.29, 1.82) is 0 Å². The van der Waals surface area contributed by atoms with Gasteiger partial charge in [-0.3, -0.25) is 0 Å². The molecule has 0 spiro atoms. The Bertz CT molecular complexity index is 1010. The number of aryl methyl sites for hydroxylation is 2. The van der Waals surface area contributed by atoms with Crippen LogP contribution in [0.4, 0.5) is 0 Å². The maximum absolute atomic E-state index is 4.49. The topological polar surface area (TPSA) is 59.3 Å². The van der Waals surface area contributed by atoms with Gasteiger partial charge in [-0.25, -0.2) is 9.13 Å². The molecule has 4 heterocycles. The van der Waals surface area contributed by atoms with Gasteiger partial charge < -0.3 is 0 Å². The predicted molar refractivity (Wildman–Crippen MR) is 119 cm³/mol. The highest BCUT2D eigenvalue weighted by Gasteiger charge is 2.15. The monoisotopic (exact) mass is 460 g/mol. The minimum atomic E-state index is 0.979. The van der Waals surface area contributed by atoms with Crippen LogP contribution in [0.25, 0.3) is 22.5 Å². The Hall–Kier alpha value is -1.88. The van der Waals surface area contributed by atoms with E-state index in [1.54, 1.807) is 23.5 Å². The lowest BCUT2D eigenvalue weighted by molar-refractivity contribution is -0.671. The molecule has 0 saturated carbocycles. The smallest absolute Gasteiger partial charge is 0.178 e. The van der Waals surface area contributed by atoms with Gasteiger partial charge in [0.05, 0.1) is 34.6 Å². The van der Waals surface area contributed by atoms with Crippen molar-refractivity contribution in [3.05, 3.63) is 49.1 Å². The van der Waals surface area contributed by atoms with Crippen molar-refractivity contribution in [2.45, 2.75) is 16.5 Å². The predicted octanol–water partition coefficient (Wildman–Crippen LogP) is 3.65. The molecule has 0 fully saturated rings. The first-order chi connectivity index (χ1) is 14.2. The quantitative estimate of drug-likeness (QED) is 0.227. The summed E-state index contributed by atoms with van der Waals surface area (Å²) in [6.45, 7) is 0. The zero-order chi connectivity index (χ0) is 20.1. The SMILES string of the molecule is C[n+]1cccc(-c2nsnc2SCCCSc2nsnc2-c2ccc[n+](C)c2)c1. The van der Waals surface area contributed by atoms with Crippen molar-refractivity contribution in [1.82, 2.24) is 17.5 Å². The molecule has 0 amide bonds. The molecule has 0 aliphatic rings. The summed E-state index contributed by atoms with van der Waals surface area (Å²) in [5, 5.41) is 2.03. The Morgan fingerprint density at radius 1 is 0.759 bits per heavy atom. The number of thioether (sulfide) groups is 2. The molecule has 10 heteroatoms. The van der Waals surface area contributed by atoms with Crippen LogP contribution in [0.3, 0.4) is 0 Å². The largest absolute Gasteiger partial charge is 0.207 e. The molecule has 6 nitrogen and oxygen atoms in total. The van der Waals surface area contributed by atoms with Crippen LogP contribution >= 0.6 is 47.0 Å². The Morgan fingerprint density at radius 3 is 1.69 bits per heavy atom. The second kappa shape index (κ2) is 9.75. The van der Waals surface area contributed by atoms with Gasteiger partial charge in [0, 0.05) is 23.6 Å². The van der Waals surface area contributed by atoms with Gasteiger partial charge in [0.1, 0.15) is 35.5 Å². The average molecular weight is 461 g/mol. The van der Waals surface area contributed by atoms with Crippen molar-refractivity contribution < 1.29 is 9.13 Å². The van der Waals surface area contributed by atoms with Crippen molar-refractivity contribution in [3.63, 3.8) is 0 Å². The van der Waals surface area contributed by atoms with Gasteiger partial charge in [0.15, 0.2) is 24.8 Å². The van der Waals surface area contributed by atoms with E-state index in [4.69, 9.17) is 0 Å². The van der Waals surface area contributed by atoms with E-state index in [9.17, 15) is 0 Å². The fourth-order valence-electron chi connectivity index (χ4n) is 2.76. The third kappa shape index (κ3) is 5.19. The third-order valence-electron chi connectivity index (χ3n) is 4.11. The molecule has 148 valence electrons. The van der Waals surface area contributed by atoms with Gasteiger partial charge in [0.2, 0.25) is 0 Å². The molecule has 0 aliphatic carbocycles. The summed E-state index contributed by atoms with van der Waals surface area (Å²) in [7, 11) is 4.04. The molecule has 4 rings (SSSR count). The Morgan fingerprint density at radius 2 is 1.24 bits per heavy atom. The number of nitrogens with zero attached hydrogens (tertiary/aromatic N) is 6. The number of pyridine rings is 2. The fourth-order valence-corrected chi connectivity index (χ4v) is 6.19. The summed E-state index contributed by atoms with van der Waals surface area (Å²) < 4.78 is 22.0. The first-order valence-electron chi connectivity index (χ1n) is 9.03. The van der Waals surface area contributed by atoms with Crippen LogP contribution in [0.5, 0.6) is 0 Å². The van der Waals surface area contributed by atoms with E-state index in [-0.39, 0.29) is 0 Å². The number of hydrogen-bond donors (Lipinski definition) is 0. The van der Waals surface area contributed by atoms with Crippen molar-refractivity contribution >= 4 is 47.0 Å². The lowest BCUT2D eigenvalue weighted by atomic mass is 10.2. The normalized spacial score (nSPS) is 11.1. The van der Waals surface area contributed by atoms with E-state index in [1.807, 2.05) is 47.8 Å². The molecule has 0 saturated heterocycles. The first kappa shape index (κ1) is 20.4. The van der Waals surface area contributed by atoms with Gasteiger partial charge in [-0.1, -0.05) is 0 Å². The van der Waals surface area contributed by atoms with E-state index in [1.165, 1.54) is 23.5 Å². The standard InChI is InChI=1S/C19H20N6S4/c1-24-8-3-6-14(12-24)16-18(22-28-20-16)26-10-5-11-27-19-17(21-29-23-19)15-7-4-9-25(2)13-15/h3-4,6-9,12-13H,5,10-11H2,1-2H3/q+2. The molecule has 0 aliphatic heterocycles. The summed E-state index contributed by atoms with van der Waals surface area (Å²) in [4.78, 5) is 0. The lowest BCUT2D eigenvalue weighted by Crippen LogP contribution is -2.26. The molecule has 0 radical (unpaired) electrons. The van der Waals surface area contributed by atoms with Gasteiger partial charge in [-0.15, -0.1) is 23.5 Å². The van der Waals surface area contributed by atoms with Crippen LogP contribution in [0.2, 0.25) is 0 Å². The summed E-state index contributed by atoms with van der Waals surface area (Å²) in [5.74, 6) is 2.00. The molecule has 29 heavy (non-hydrogen) atoms. The van der Waals surface area contributed by atoms with Crippen LogP contribution in [0, 0.1) is 0 Å². The van der Waals surface area contributed by atoms with Crippen LogP contribution in [0.1, 0.15) is 6.42 Å². The number of aromatic nitrogens is 6. The second-order valence-electron chi connectivity index (χ2n) is 6.40. The van der Waals surface area contributed by atoms with Crippen LogP contribution < -0.4 is 9.13 Å². The number of hydrogen-bond acceptors (Lipinski definition) is 8. The number of rotatable bonds is 8. The first-order valence-corrected chi connectivity index (χ1v) is 12.5. The van der Waals surface area contributed by atoms with E-state index in [0.29, 0.717) is 0 Å².